The molecule has 0 spiro atoms. The summed E-state index contributed by atoms with van der Waals surface area (Å²) in [6.07, 6.45) is 1.42. The van der Waals surface area contributed by atoms with Gasteiger partial charge in [0.2, 0.25) is 0 Å². The molecular formula is C18H22O2. The normalized spacial score (nSPS) is 33.7. The first kappa shape index (κ1) is 13.6. The summed E-state index contributed by atoms with van der Waals surface area (Å²) < 4.78 is 5.92. The summed E-state index contributed by atoms with van der Waals surface area (Å²) in [4.78, 5) is 0. The van der Waals surface area contributed by atoms with Gasteiger partial charge in [0.1, 0.15) is 0 Å². The zero-order valence-corrected chi connectivity index (χ0v) is 12.4. The summed E-state index contributed by atoms with van der Waals surface area (Å²) >= 11 is 0. The van der Waals surface area contributed by atoms with Crippen molar-refractivity contribution in [3.63, 3.8) is 0 Å². The third kappa shape index (κ3) is 2.04. The highest BCUT2D eigenvalue weighted by Crippen LogP contribution is 2.50. The highest BCUT2D eigenvalue weighted by Gasteiger charge is 2.51. The van der Waals surface area contributed by atoms with E-state index >= 15 is 0 Å². The second-order valence-electron chi connectivity index (χ2n) is 6.43. The van der Waals surface area contributed by atoms with Crippen molar-refractivity contribution in [3.05, 3.63) is 48.0 Å². The van der Waals surface area contributed by atoms with Crippen LogP contribution in [0.1, 0.15) is 32.3 Å². The standard InChI is InChI=1S/C18H22O2/c1-13-11-17(2,19)12-18(13,20-3)16-9-8-14-6-4-5-7-15(14)10-16/h4-10,13,19H,11-12H2,1-3H3/t13-,17+,18+/m0/s1. The number of methoxy groups -OCH3 is 1. The van der Waals surface area contributed by atoms with Crippen LogP contribution in [0, 0.1) is 5.92 Å². The number of fused-ring (bicyclic) bond motifs is 1. The number of rotatable bonds is 2. The van der Waals surface area contributed by atoms with Gasteiger partial charge in [0, 0.05) is 13.5 Å². The van der Waals surface area contributed by atoms with E-state index < -0.39 is 5.60 Å². The van der Waals surface area contributed by atoms with Crippen molar-refractivity contribution in [2.75, 3.05) is 7.11 Å². The van der Waals surface area contributed by atoms with E-state index in [1.807, 2.05) is 6.92 Å². The minimum Gasteiger partial charge on any atom is -0.390 e. The number of aliphatic hydroxyl groups is 1. The van der Waals surface area contributed by atoms with Crippen molar-refractivity contribution in [1.82, 2.24) is 0 Å². The Morgan fingerprint density at radius 2 is 1.85 bits per heavy atom. The molecule has 0 heterocycles. The summed E-state index contributed by atoms with van der Waals surface area (Å²) in [5.74, 6) is 0.295. The van der Waals surface area contributed by atoms with Crippen LogP contribution >= 0.6 is 0 Å². The summed E-state index contributed by atoms with van der Waals surface area (Å²) in [6.45, 7) is 4.07. The van der Waals surface area contributed by atoms with Crippen LogP contribution < -0.4 is 0 Å². The monoisotopic (exact) mass is 270 g/mol. The Morgan fingerprint density at radius 1 is 1.15 bits per heavy atom. The van der Waals surface area contributed by atoms with Gasteiger partial charge in [0.25, 0.3) is 0 Å². The lowest BCUT2D eigenvalue weighted by molar-refractivity contribution is -0.0556. The summed E-state index contributed by atoms with van der Waals surface area (Å²) in [5.41, 5.74) is 0.137. The minimum atomic E-state index is -0.652. The average Bonchev–Trinajstić information content (AvgIpc) is 2.68. The number of hydrogen-bond acceptors (Lipinski definition) is 2. The maximum absolute atomic E-state index is 10.4. The van der Waals surface area contributed by atoms with Gasteiger partial charge in [0.15, 0.2) is 0 Å². The predicted molar refractivity (Wildman–Crippen MR) is 81.7 cm³/mol. The van der Waals surface area contributed by atoms with Crippen LogP contribution in [0.4, 0.5) is 0 Å². The quantitative estimate of drug-likeness (QED) is 0.898. The molecule has 20 heavy (non-hydrogen) atoms. The Bertz CT molecular complexity index is 632. The van der Waals surface area contributed by atoms with Gasteiger partial charge in [-0.25, -0.2) is 0 Å². The van der Waals surface area contributed by atoms with Crippen molar-refractivity contribution >= 4 is 10.8 Å². The molecule has 0 aliphatic heterocycles. The van der Waals surface area contributed by atoms with Crippen LogP contribution in [0.5, 0.6) is 0 Å². The van der Waals surface area contributed by atoms with E-state index in [2.05, 4.69) is 49.4 Å². The molecule has 0 amide bonds. The number of ether oxygens (including phenoxy) is 1. The van der Waals surface area contributed by atoms with Crippen LogP contribution in [0.2, 0.25) is 0 Å². The maximum Gasteiger partial charge on any atom is 0.0981 e. The molecule has 3 rings (SSSR count). The molecule has 0 aromatic heterocycles. The van der Waals surface area contributed by atoms with Gasteiger partial charge in [-0.2, -0.15) is 0 Å². The van der Waals surface area contributed by atoms with E-state index in [4.69, 9.17) is 4.74 Å². The molecule has 1 aliphatic rings. The fourth-order valence-corrected chi connectivity index (χ4v) is 3.87. The minimum absolute atomic E-state index is 0.295. The Balaban J connectivity index is 2.12. The second kappa shape index (κ2) is 4.57. The largest absolute Gasteiger partial charge is 0.390 e. The fourth-order valence-electron chi connectivity index (χ4n) is 3.87. The Morgan fingerprint density at radius 3 is 2.45 bits per heavy atom. The molecule has 1 aliphatic carbocycles. The smallest absolute Gasteiger partial charge is 0.0981 e. The molecule has 106 valence electrons. The van der Waals surface area contributed by atoms with E-state index in [0.717, 1.165) is 6.42 Å². The van der Waals surface area contributed by atoms with Gasteiger partial charge in [0.05, 0.1) is 11.2 Å². The molecule has 2 nitrogen and oxygen atoms in total. The van der Waals surface area contributed by atoms with E-state index in [1.165, 1.54) is 16.3 Å². The van der Waals surface area contributed by atoms with Crippen LogP contribution in [-0.2, 0) is 10.3 Å². The molecule has 1 fully saturated rings. The molecule has 2 aromatic rings. The molecule has 0 bridgehead atoms. The first-order chi connectivity index (χ1) is 9.47. The average molecular weight is 270 g/mol. The lowest BCUT2D eigenvalue weighted by Crippen LogP contribution is -2.33. The third-order valence-electron chi connectivity index (χ3n) is 4.79. The van der Waals surface area contributed by atoms with Gasteiger partial charge in [-0.3, -0.25) is 0 Å². The lowest BCUT2D eigenvalue weighted by atomic mass is 9.83. The van der Waals surface area contributed by atoms with E-state index in [0.29, 0.717) is 12.3 Å². The fraction of sp³-hybridized carbons (Fsp3) is 0.444. The number of hydrogen-bond donors (Lipinski definition) is 1. The molecular weight excluding hydrogens is 248 g/mol. The second-order valence-corrected chi connectivity index (χ2v) is 6.43. The molecule has 1 saturated carbocycles. The maximum atomic E-state index is 10.4. The first-order valence-electron chi connectivity index (χ1n) is 7.24. The zero-order chi connectivity index (χ0) is 14.4. The molecule has 2 heteroatoms. The van der Waals surface area contributed by atoms with Gasteiger partial charge < -0.3 is 9.84 Å². The Labute approximate surface area is 120 Å². The zero-order valence-electron chi connectivity index (χ0n) is 12.4. The lowest BCUT2D eigenvalue weighted by Gasteiger charge is -2.33. The molecule has 0 radical (unpaired) electrons. The summed E-state index contributed by atoms with van der Waals surface area (Å²) in [6, 6.07) is 14.8. The SMILES string of the molecule is CO[C@]1(c2ccc3ccccc3c2)C[C@](C)(O)C[C@@H]1C. The van der Waals surface area contributed by atoms with Crippen LogP contribution in [-0.4, -0.2) is 17.8 Å². The molecule has 0 unspecified atom stereocenters. The van der Waals surface area contributed by atoms with Crippen LogP contribution in [0.25, 0.3) is 10.8 Å². The van der Waals surface area contributed by atoms with Gasteiger partial charge in [-0.15, -0.1) is 0 Å². The van der Waals surface area contributed by atoms with E-state index in [1.54, 1.807) is 7.11 Å². The molecule has 1 N–H and O–H groups in total. The van der Waals surface area contributed by atoms with Crippen molar-refractivity contribution in [3.8, 4) is 0 Å². The van der Waals surface area contributed by atoms with Crippen molar-refractivity contribution in [1.29, 1.82) is 0 Å². The highest BCUT2D eigenvalue weighted by atomic mass is 16.5. The Hall–Kier alpha value is -1.38. The summed E-state index contributed by atoms with van der Waals surface area (Å²) in [5, 5.41) is 12.9. The molecule has 2 aromatic carbocycles. The molecule has 3 atom stereocenters. The number of benzene rings is 2. The predicted octanol–water partition coefficient (Wildman–Crippen LogP) is 3.86. The van der Waals surface area contributed by atoms with Crippen molar-refractivity contribution < 1.29 is 9.84 Å². The van der Waals surface area contributed by atoms with Crippen molar-refractivity contribution in [2.45, 2.75) is 37.9 Å². The van der Waals surface area contributed by atoms with Crippen molar-refractivity contribution in [2.24, 2.45) is 5.92 Å². The molecule has 0 saturated heterocycles. The van der Waals surface area contributed by atoms with Gasteiger partial charge in [-0.1, -0.05) is 43.3 Å². The third-order valence-corrected chi connectivity index (χ3v) is 4.79. The van der Waals surface area contributed by atoms with Crippen LogP contribution in [0.15, 0.2) is 42.5 Å². The summed E-state index contributed by atoms with van der Waals surface area (Å²) in [7, 11) is 1.76. The highest BCUT2D eigenvalue weighted by molar-refractivity contribution is 5.83. The topological polar surface area (TPSA) is 29.5 Å². The first-order valence-corrected chi connectivity index (χ1v) is 7.24. The van der Waals surface area contributed by atoms with Gasteiger partial charge in [-0.05, 0) is 41.7 Å². The van der Waals surface area contributed by atoms with E-state index in [9.17, 15) is 5.11 Å². The Kier molecular flexibility index (Phi) is 3.11. The van der Waals surface area contributed by atoms with Crippen LogP contribution in [0.3, 0.4) is 0 Å². The van der Waals surface area contributed by atoms with E-state index in [-0.39, 0.29) is 5.60 Å². The van der Waals surface area contributed by atoms with Gasteiger partial charge >= 0.3 is 0 Å².